The number of pyridine rings is 1. The van der Waals surface area contributed by atoms with Crippen LogP contribution in [0.25, 0.3) is 10.8 Å². The van der Waals surface area contributed by atoms with E-state index in [4.69, 9.17) is 14.2 Å². The molecule has 4 aliphatic rings. The summed E-state index contributed by atoms with van der Waals surface area (Å²) < 4.78 is 18.7. The van der Waals surface area contributed by atoms with Crippen molar-refractivity contribution >= 4 is 10.8 Å². The number of hydrogen-bond donors (Lipinski definition) is 0. The molecule has 0 radical (unpaired) electrons. The van der Waals surface area contributed by atoms with Gasteiger partial charge in [-0.2, -0.15) is 0 Å². The largest absolute Gasteiger partial charge is 0.382 e. The van der Waals surface area contributed by atoms with Crippen molar-refractivity contribution in [1.82, 2.24) is 4.98 Å². The zero-order valence-electron chi connectivity index (χ0n) is 21.3. The summed E-state index contributed by atoms with van der Waals surface area (Å²) in [5.74, 6) is 1.09. The molecule has 2 aromatic rings. The van der Waals surface area contributed by atoms with Gasteiger partial charge in [-0.1, -0.05) is 31.2 Å². The summed E-state index contributed by atoms with van der Waals surface area (Å²) in [6, 6.07) is 9.08. The second-order valence-corrected chi connectivity index (χ2v) is 11.3. The van der Waals surface area contributed by atoms with Gasteiger partial charge >= 0.3 is 0 Å². The molecule has 2 fully saturated rings. The third-order valence-electron chi connectivity index (χ3n) is 9.37. The lowest BCUT2D eigenvalue weighted by Gasteiger charge is -2.48. The highest BCUT2D eigenvalue weighted by Crippen LogP contribution is 2.59. The molecule has 0 amide bonds. The maximum absolute atomic E-state index is 7.26. The van der Waals surface area contributed by atoms with E-state index in [-0.39, 0.29) is 17.3 Å². The second-order valence-electron chi connectivity index (χ2n) is 11.3. The summed E-state index contributed by atoms with van der Waals surface area (Å²) in [6.45, 7) is 3.78. The standard InChI is InChI=1S/C31H39NO3/c1-22-6-7-23(25-9-8-24-12-15-32-21-26(24)18-25)4-3-5-28-19-27-10-11-29(34-17-16-33-2)20-30(27)13-14-31(22,28)35-30/h5,8-9,12,15,18-19,21-23,29H,3-4,6-7,10-11,13-14,16-17,20H2,1-2H3/b28-5-/t22-,23?,29?,30+,31-/m0/s1. The smallest absolute Gasteiger partial charge is 0.0966 e. The number of fused-ring (bicyclic) bond motifs is 1. The molecule has 2 unspecified atom stereocenters. The van der Waals surface area contributed by atoms with Crippen LogP contribution in [-0.2, 0) is 14.2 Å². The van der Waals surface area contributed by atoms with Gasteiger partial charge in [0.05, 0.1) is 30.5 Å². The molecule has 4 nitrogen and oxygen atoms in total. The average molecular weight is 474 g/mol. The molecule has 1 aromatic heterocycles. The van der Waals surface area contributed by atoms with Crippen LogP contribution in [0.15, 0.2) is 60.0 Å². The lowest BCUT2D eigenvalue weighted by atomic mass is 9.74. The summed E-state index contributed by atoms with van der Waals surface area (Å²) in [4.78, 5) is 4.35. The average Bonchev–Trinajstić information content (AvgIpc) is 3.23. The quantitative estimate of drug-likeness (QED) is 0.443. The molecule has 35 heavy (non-hydrogen) atoms. The molecule has 3 heterocycles. The SMILES string of the molecule is COCCOC1CCC2=C/C3=C/CCC(c4ccc5ccncc5c4)CC[C@H](C)[C@@]34CC[C@]2(C1)O4. The molecule has 6 rings (SSSR count). The number of rotatable bonds is 5. The number of hydrogen-bond acceptors (Lipinski definition) is 4. The van der Waals surface area contributed by atoms with Gasteiger partial charge in [-0.05, 0) is 97.4 Å². The van der Waals surface area contributed by atoms with E-state index < -0.39 is 0 Å². The van der Waals surface area contributed by atoms with Gasteiger partial charge in [0.2, 0.25) is 0 Å². The summed E-state index contributed by atoms with van der Waals surface area (Å²) in [7, 11) is 1.74. The highest BCUT2D eigenvalue weighted by atomic mass is 16.5. The normalized spacial score (nSPS) is 36.2. The number of nitrogens with zero attached hydrogens (tertiary/aromatic N) is 1. The van der Waals surface area contributed by atoms with E-state index in [0.29, 0.717) is 25.0 Å². The van der Waals surface area contributed by atoms with Gasteiger partial charge < -0.3 is 14.2 Å². The van der Waals surface area contributed by atoms with E-state index in [1.165, 1.54) is 46.7 Å². The molecule has 2 aliphatic heterocycles. The van der Waals surface area contributed by atoms with Crippen LogP contribution in [0, 0.1) is 5.92 Å². The van der Waals surface area contributed by atoms with Gasteiger partial charge in [-0.25, -0.2) is 0 Å². The monoisotopic (exact) mass is 473 g/mol. The highest BCUT2D eigenvalue weighted by Gasteiger charge is 2.59. The molecular formula is C31H39NO3. The Morgan fingerprint density at radius 3 is 2.91 bits per heavy atom. The van der Waals surface area contributed by atoms with Gasteiger partial charge in [0.15, 0.2) is 0 Å². The maximum atomic E-state index is 7.26. The molecule has 2 aliphatic carbocycles. The lowest BCUT2D eigenvalue weighted by molar-refractivity contribution is -0.131. The molecule has 186 valence electrons. The minimum atomic E-state index is -0.125. The minimum absolute atomic E-state index is 0.111. The fourth-order valence-electron chi connectivity index (χ4n) is 7.33. The third-order valence-corrected chi connectivity index (χ3v) is 9.37. The summed E-state index contributed by atoms with van der Waals surface area (Å²) in [6.07, 6.45) is 19.4. The van der Waals surface area contributed by atoms with Crippen LogP contribution < -0.4 is 0 Å². The lowest BCUT2D eigenvalue weighted by Crippen LogP contribution is -2.49. The fraction of sp³-hybridized carbons (Fsp3) is 0.581. The topological polar surface area (TPSA) is 40.6 Å². The van der Waals surface area contributed by atoms with E-state index in [9.17, 15) is 0 Å². The van der Waals surface area contributed by atoms with Crippen molar-refractivity contribution in [3.8, 4) is 0 Å². The van der Waals surface area contributed by atoms with Crippen LogP contribution in [0.5, 0.6) is 0 Å². The molecule has 1 aromatic carbocycles. The first-order valence-electron chi connectivity index (χ1n) is 13.7. The first-order valence-corrected chi connectivity index (χ1v) is 13.7. The number of benzene rings is 1. The first-order chi connectivity index (χ1) is 17.1. The Hall–Kier alpha value is -2.01. The van der Waals surface area contributed by atoms with E-state index in [1.54, 1.807) is 7.11 Å². The first kappa shape index (κ1) is 23.4. The number of aromatic nitrogens is 1. The Bertz CT molecular complexity index is 1140. The van der Waals surface area contributed by atoms with Gasteiger partial charge in [0, 0.05) is 31.3 Å². The second kappa shape index (κ2) is 9.46. The van der Waals surface area contributed by atoms with E-state index in [2.05, 4.69) is 48.3 Å². The Morgan fingerprint density at radius 2 is 2.00 bits per heavy atom. The number of allylic oxidation sites excluding steroid dienone is 1. The Labute approximate surface area is 209 Å². The summed E-state index contributed by atoms with van der Waals surface area (Å²) in [5, 5.41) is 2.52. The van der Waals surface area contributed by atoms with E-state index >= 15 is 0 Å². The fourth-order valence-corrected chi connectivity index (χ4v) is 7.33. The van der Waals surface area contributed by atoms with Crippen molar-refractivity contribution in [2.45, 2.75) is 87.9 Å². The summed E-state index contributed by atoms with van der Waals surface area (Å²) in [5.41, 5.74) is 4.22. The Kier molecular flexibility index (Phi) is 6.32. The molecule has 0 N–H and O–H groups in total. The molecule has 2 bridgehead atoms. The molecule has 2 spiro atoms. The van der Waals surface area contributed by atoms with Crippen molar-refractivity contribution in [3.05, 3.63) is 65.5 Å². The van der Waals surface area contributed by atoms with Crippen LogP contribution in [0.3, 0.4) is 0 Å². The van der Waals surface area contributed by atoms with E-state index in [0.717, 1.165) is 38.5 Å². The van der Waals surface area contributed by atoms with Gasteiger partial charge in [-0.15, -0.1) is 0 Å². The van der Waals surface area contributed by atoms with E-state index in [1.807, 2.05) is 12.4 Å². The minimum Gasteiger partial charge on any atom is -0.382 e. The molecule has 5 atom stereocenters. The van der Waals surface area contributed by atoms with Crippen LogP contribution >= 0.6 is 0 Å². The van der Waals surface area contributed by atoms with Gasteiger partial charge in [0.25, 0.3) is 0 Å². The van der Waals surface area contributed by atoms with Crippen LogP contribution in [0.2, 0.25) is 0 Å². The van der Waals surface area contributed by atoms with Crippen molar-refractivity contribution in [3.63, 3.8) is 0 Å². The number of ether oxygens (including phenoxy) is 3. The predicted molar refractivity (Wildman–Crippen MR) is 140 cm³/mol. The van der Waals surface area contributed by atoms with Gasteiger partial charge in [0.1, 0.15) is 0 Å². The van der Waals surface area contributed by atoms with Crippen molar-refractivity contribution < 1.29 is 14.2 Å². The zero-order chi connectivity index (χ0) is 23.9. The predicted octanol–water partition coefficient (Wildman–Crippen LogP) is 6.90. The third kappa shape index (κ3) is 4.18. The maximum Gasteiger partial charge on any atom is 0.0966 e. The van der Waals surface area contributed by atoms with Crippen molar-refractivity contribution in [2.75, 3.05) is 20.3 Å². The molecule has 1 saturated heterocycles. The highest BCUT2D eigenvalue weighted by molar-refractivity contribution is 5.82. The van der Waals surface area contributed by atoms with Crippen LogP contribution in [-0.4, -0.2) is 42.6 Å². The Balaban J connectivity index is 1.24. The van der Waals surface area contributed by atoms with Crippen molar-refractivity contribution in [1.29, 1.82) is 0 Å². The molecule has 4 heteroatoms. The number of methoxy groups -OCH3 is 1. The van der Waals surface area contributed by atoms with Crippen molar-refractivity contribution in [2.24, 2.45) is 5.92 Å². The molecular weight excluding hydrogens is 434 g/mol. The zero-order valence-corrected chi connectivity index (χ0v) is 21.3. The Morgan fingerprint density at radius 1 is 1.06 bits per heavy atom. The summed E-state index contributed by atoms with van der Waals surface area (Å²) >= 11 is 0. The van der Waals surface area contributed by atoms with Gasteiger partial charge in [-0.3, -0.25) is 4.98 Å². The van der Waals surface area contributed by atoms with Crippen LogP contribution in [0.4, 0.5) is 0 Å². The van der Waals surface area contributed by atoms with Crippen LogP contribution in [0.1, 0.15) is 76.2 Å². The molecule has 1 saturated carbocycles.